The molecule has 0 aromatic carbocycles. The van der Waals surface area contributed by atoms with Crippen LogP contribution < -0.4 is 0 Å². The zero-order valence-corrected chi connectivity index (χ0v) is 19.1. The Kier molecular flexibility index (Phi) is 6.69. The number of nitrogens with zero attached hydrogens (tertiary/aromatic N) is 7. The van der Waals surface area contributed by atoms with Crippen molar-refractivity contribution in [3.05, 3.63) is 78.2 Å². The van der Waals surface area contributed by atoms with Crippen molar-refractivity contribution in [1.29, 1.82) is 0 Å². The van der Waals surface area contributed by atoms with E-state index in [2.05, 4.69) is 42.3 Å². The van der Waals surface area contributed by atoms with Crippen LogP contribution in [-0.2, 0) is 32.7 Å². The summed E-state index contributed by atoms with van der Waals surface area (Å²) in [5.74, 6) is -1.69. The molecule has 0 radical (unpaired) electrons. The third kappa shape index (κ3) is 4.95. The van der Waals surface area contributed by atoms with Gasteiger partial charge in [0.1, 0.15) is 23.5 Å². The van der Waals surface area contributed by atoms with Gasteiger partial charge in [-0.3, -0.25) is 20.1 Å². The Morgan fingerprint density at radius 3 is 2.21 bits per heavy atom. The van der Waals surface area contributed by atoms with E-state index in [0.717, 1.165) is 10.7 Å². The van der Waals surface area contributed by atoms with Crippen molar-refractivity contribution in [2.24, 2.45) is 0 Å². The molecule has 0 atom stereocenters. The third-order valence-corrected chi connectivity index (χ3v) is 4.46. The van der Waals surface area contributed by atoms with Crippen molar-refractivity contribution < 1.29 is 43.0 Å². The molecule has 4 heterocycles. The predicted molar refractivity (Wildman–Crippen MR) is 99.1 cm³/mol. The third-order valence-electron chi connectivity index (χ3n) is 4.46. The summed E-state index contributed by atoms with van der Waals surface area (Å²) in [6, 6.07) is 6.81. The molecule has 0 saturated carbocycles. The zero-order chi connectivity index (χ0) is 23.1. The van der Waals surface area contributed by atoms with Gasteiger partial charge in [0.25, 0.3) is 0 Å². The van der Waals surface area contributed by atoms with Crippen molar-refractivity contribution in [3.63, 3.8) is 0 Å². The van der Waals surface area contributed by atoms with Crippen LogP contribution in [0.4, 0.5) is 22.0 Å². The number of hydrogen-bond donors (Lipinski definition) is 0. The second-order valence-electron chi connectivity index (χ2n) is 7.09. The van der Waals surface area contributed by atoms with Gasteiger partial charge in [-0.2, -0.15) is 13.2 Å². The zero-order valence-electron chi connectivity index (χ0n) is 16.8. The quantitative estimate of drug-likeness (QED) is 0.192. The summed E-state index contributed by atoms with van der Waals surface area (Å²) in [4.78, 5) is 20.1. The fraction of sp³-hybridized carbons (Fsp3) is 0.200. The molecule has 4 aromatic heterocycles. The number of halogens is 5. The smallest absolute Gasteiger partial charge is 0.343 e. The maximum atomic E-state index is 14.1. The first-order valence-electron chi connectivity index (χ1n) is 9.02. The molecule has 0 saturated heterocycles. The molecular weight excluding hydrogens is 628 g/mol. The average molecular weight is 640 g/mol. The summed E-state index contributed by atoms with van der Waals surface area (Å²) in [5, 5.41) is 3.45. The van der Waals surface area contributed by atoms with Gasteiger partial charge in [-0.15, -0.1) is 12.1 Å². The molecule has 4 aromatic rings. The molecule has 33 heavy (non-hydrogen) atoms. The van der Waals surface area contributed by atoms with Crippen LogP contribution in [0, 0.1) is 24.2 Å². The topological polar surface area (TPSA) is 82.3 Å². The van der Waals surface area contributed by atoms with E-state index in [1.807, 2.05) is 0 Å². The first-order valence-corrected chi connectivity index (χ1v) is 9.02. The average Bonchev–Trinajstić information content (AvgIpc) is 3.25. The van der Waals surface area contributed by atoms with E-state index in [1.165, 1.54) is 24.5 Å². The van der Waals surface area contributed by atoms with Gasteiger partial charge in [-0.05, 0) is 19.5 Å². The van der Waals surface area contributed by atoms with Crippen molar-refractivity contribution in [2.75, 3.05) is 0 Å². The molecule has 0 spiro atoms. The van der Waals surface area contributed by atoms with Crippen LogP contribution in [0.15, 0.2) is 36.7 Å². The molecule has 0 bridgehead atoms. The fourth-order valence-electron chi connectivity index (χ4n) is 2.76. The molecular formula is C20H12F5N7Pt. The van der Waals surface area contributed by atoms with Gasteiger partial charge in [-0.25, -0.2) is 18.7 Å². The Labute approximate surface area is 198 Å². The van der Waals surface area contributed by atoms with E-state index < -0.39 is 29.2 Å². The van der Waals surface area contributed by atoms with Gasteiger partial charge in [0.2, 0.25) is 0 Å². The molecule has 7 nitrogen and oxygen atoms in total. The molecule has 4 rings (SSSR count). The van der Waals surface area contributed by atoms with E-state index in [0.29, 0.717) is 6.07 Å². The van der Waals surface area contributed by atoms with Gasteiger partial charge in [0, 0.05) is 12.4 Å². The Hall–Kier alpha value is -3.14. The van der Waals surface area contributed by atoms with Crippen molar-refractivity contribution in [3.8, 4) is 17.1 Å². The summed E-state index contributed by atoms with van der Waals surface area (Å²) in [6.07, 6.45) is 0.473. The number of hydrogen-bond acceptors (Lipinski definition) is 6. The number of rotatable bonds is 4. The van der Waals surface area contributed by atoms with E-state index in [-0.39, 0.29) is 49.8 Å². The van der Waals surface area contributed by atoms with Gasteiger partial charge in [0.15, 0.2) is 0 Å². The molecule has 0 unspecified atom stereocenters. The van der Waals surface area contributed by atoms with Crippen LogP contribution in [0.25, 0.3) is 17.1 Å². The summed E-state index contributed by atoms with van der Waals surface area (Å²) < 4.78 is 66.5. The van der Waals surface area contributed by atoms with Crippen LogP contribution in [0.2, 0.25) is 0 Å². The van der Waals surface area contributed by atoms with Crippen LogP contribution >= 0.6 is 0 Å². The minimum atomic E-state index is -4.62. The second kappa shape index (κ2) is 9.01. The summed E-state index contributed by atoms with van der Waals surface area (Å²) in [5.41, 5.74) is -2.19. The normalized spacial score (nSPS) is 11.8. The van der Waals surface area contributed by atoms with Gasteiger partial charge < -0.3 is 4.68 Å². The minimum absolute atomic E-state index is 0. The molecule has 0 aliphatic rings. The first-order chi connectivity index (χ1) is 15.1. The van der Waals surface area contributed by atoms with Crippen LogP contribution in [0.5, 0.6) is 0 Å². The maximum Gasteiger partial charge on any atom is 2.00 e. The van der Waals surface area contributed by atoms with Gasteiger partial charge >= 0.3 is 27.2 Å². The summed E-state index contributed by atoms with van der Waals surface area (Å²) in [6.45, 7) is 3.37. The Balaban J connectivity index is 0.00000306. The molecule has 0 aliphatic heterocycles. The SMILES string of the molecule is CC(C)(c1nccc(-c2[c-]cc(F)nc2F)n1)c1nccc(-n2[c-]cc(C(F)(F)F)n2)n1.[Pt+2]. The molecule has 0 aliphatic carbocycles. The monoisotopic (exact) mass is 640 g/mol. The molecule has 0 N–H and O–H groups in total. The van der Waals surface area contributed by atoms with E-state index >= 15 is 0 Å². The fourth-order valence-corrected chi connectivity index (χ4v) is 2.76. The van der Waals surface area contributed by atoms with E-state index in [9.17, 15) is 22.0 Å². The van der Waals surface area contributed by atoms with Gasteiger partial charge in [-0.1, -0.05) is 30.0 Å². The molecule has 0 amide bonds. The van der Waals surface area contributed by atoms with Crippen molar-refractivity contribution in [1.82, 2.24) is 34.7 Å². The largest absolute Gasteiger partial charge is 2.00 e. The first kappa shape index (κ1) is 24.5. The second-order valence-corrected chi connectivity index (χ2v) is 7.09. The Bertz CT molecular complexity index is 1290. The van der Waals surface area contributed by atoms with E-state index in [4.69, 9.17) is 0 Å². The van der Waals surface area contributed by atoms with Gasteiger partial charge in [0.05, 0.1) is 16.9 Å². The Morgan fingerprint density at radius 1 is 0.909 bits per heavy atom. The predicted octanol–water partition coefficient (Wildman–Crippen LogP) is 3.74. The van der Waals surface area contributed by atoms with Crippen LogP contribution in [0.1, 0.15) is 31.2 Å². The van der Waals surface area contributed by atoms with Crippen LogP contribution in [0.3, 0.4) is 0 Å². The standard InChI is InChI=1S/C20H12F5N7.Pt/c1-19(2,17-26-8-5-12(28-17)11-3-4-14(21)29-16(11)22)18-27-9-6-15(30-18)32-10-7-13(31-32)20(23,24)25;/h4-9H,1-2H3;/q-2;+2. The molecule has 172 valence electrons. The number of alkyl halides is 3. The number of pyridine rings is 1. The van der Waals surface area contributed by atoms with Crippen molar-refractivity contribution in [2.45, 2.75) is 25.4 Å². The minimum Gasteiger partial charge on any atom is -0.343 e. The number of aromatic nitrogens is 7. The Morgan fingerprint density at radius 2 is 1.58 bits per heavy atom. The van der Waals surface area contributed by atoms with Crippen molar-refractivity contribution >= 4 is 0 Å². The molecule has 0 fully saturated rings. The van der Waals surface area contributed by atoms with E-state index in [1.54, 1.807) is 13.8 Å². The molecule has 13 heteroatoms. The van der Waals surface area contributed by atoms with Crippen LogP contribution in [-0.4, -0.2) is 34.7 Å². The summed E-state index contributed by atoms with van der Waals surface area (Å²) in [7, 11) is 0. The maximum absolute atomic E-state index is 14.1. The summed E-state index contributed by atoms with van der Waals surface area (Å²) >= 11 is 0.